The maximum absolute atomic E-state index is 12.5. The molecule has 2 heterocycles. The van der Waals surface area contributed by atoms with Crippen LogP contribution in [-0.2, 0) is 16.1 Å². The lowest BCUT2D eigenvalue weighted by Gasteiger charge is -2.24. The highest BCUT2D eigenvalue weighted by molar-refractivity contribution is 7.10. The minimum Gasteiger partial charge on any atom is -0.379 e. The molecule has 0 radical (unpaired) electrons. The zero-order chi connectivity index (χ0) is 13.8. The normalized spacial score (nSPS) is 22.7. The van der Waals surface area contributed by atoms with E-state index in [1.807, 2.05) is 11.9 Å². The van der Waals surface area contributed by atoms with Gasteiger partial charge in [0.2, 0.25) is 5.91 Å². The quantitative estimate of drug-likeness (QED) is 0.892. The van der Waals surface area contributed by atoms with Gasteiger partial charge in [-0.1, -0.05) is 6.92 Å². The van der Waals surface area contributed by atoms with Crippen molar-refractivity contribution >= 4 is 17.2 Å². The maximum atomic E-state index is 12.5. The summed E-state index contributed by atoms with van der Waals surface area (Å²) >= 11 is 1.71. The van der Waals surface area contributed by atoms with Crippen LogP contribution in [0.15, 0.2) is 11.4 Å². The Morgan fingerprint density at radius 1 is 1.58 bits per heavy atom. The number of ether oxygens (including phenoxy) is 1. The number of aryl methyl sites for hydroxylation is 1. The molecular formula is C14H22N2O2S. The molecule has 1 aromatic heterocycles. The Kier molecular flexibility index (Phi) is 4.96. The molecule has 106 valence electrons. The summed E-state index contributed by atoms with van der Waals surface area (Å²) in [7, 11) is 1.88. The third-order valence-electron chi connectivity index (χ3n) is 3.59. The predicted molar refractivity (Wildman–Crippen MR) is 77.3 cm³/mol. The highest BCUT2D eigenvalue weighted by Gasteiger charge is 2.35. The summed E-state index contributed by atoms with van der Waals surface area (Å²) in [6.07, 6.45) is 0. The molecule has 0 bridgehead atoms. The first kappa shape index (κ1) is 14.5. The van der Waals surface area contributed by atoms with Crippen molar-refractivity contribution in [3.8, 4) is 0 Å². The molecule has 19 heavy (non-hydrogen) atoms. The molecule has 1 saturated heterocycles. The molecule has 1 fully saturated rings. The van der Waals surface area contributed by atoms with E-state index in [4.69, 9.17) is 4.74 Å². The van der Waals surface area contributed by atoms with Crippen LogP contribution in [0.4, 0.5) is 0 Å². The van der Waals surface area contributed by atoms with Crippen molar-refractivity contribution in [1.29, 1.82) is 0 Å². The second-order valence-corrected chi connectivity index (χ2v) is 6.03. The molecule has 1 N–H and O–H groups in total. The predicted octanol–water partition coefficient (Wildman–Crippen LogP) is 1.64. The molecular weight excluding hydrogens is 260 g/mol. The first-order valence-electron chi connectivity index (χ1n) is 6.72. The number of nitrogens with one attached hydrogen (secondary N) is 1. The first-order valence-corrected chi connectivity index (χ1v) is 7.60. The molecule has 1 aromatic rings. The van der Waals surface area contributed by atoms with Gasteiger partial charge < -0.3 is 15.0 Å². The van der Waals surface area contributed by atoms with Crippen molar-refractivity contribution in [2.75, 3.05) is 26.8 Å². The third-order valence-corrected chi connectivity index (χ3v) is 4.60. The van der Waals surface area contributed by atoms with Crippen molar-refractivity contribution in [3.05, 3.63) is 21.9 Å². The second kappa shape index (κ2) is 6.50. The maximum Gasteiger partial charge on any atom is 0.229 e. The van der Waals surface area contributed by atoms with Crippen LogP contribution in [0, 0.1) is 12.8 Å². The molecule has 2 unspecified atom stereocenters. The number of likely N-dealkylation sites (N-methyl/N-ethyl adjacent to an activating group) is 1. The fourth-order valence-corrected chi connectivity index (χ4v) is 3.36. The van der Waals surface area contributed by atoms with Crippen molar-refractivity contribution in [2.45, 2.75) is 26.4 Å². The molecule has 1 amide bonds. The second-order valence-electron chi connectivity index (χ2n) is 5.03. The Hall–Kier alpha value is -0.910. The van der Waals surface area contributed by atoms with Crippen LogP contribution < -0.4 is 5.32 Å². The Morgan fingerprint density at radius 2 is 2.37 bits per heavy atom. The number of rotatable bonds is 5. The van der Waals surface area contributed by atoms with Gasteiger partial charge in [-0.2, -0.15) is 0 Å². The standard InChI is InChI=1S/C14H22N2O2S/c1-4-15-12-9-18-8-11(12)14(17)16(3)7-13-10(2)5-6-19-13/h5-6,11-12,15H,4,7-9H2,1-3H3. The van der Waals surface area contributed by atoms with Crippen molar-refractivity contribution in [2.24, 2.45) is 5.92 Å². The van der Waals surface area contributed by atoms with Gasteiger partial charge in [0.25, 0.3) is 0 Å². The van der Waals surface area contributed by atoms with Gasteiger partial charge in [0, 0.05) is 18.0 Å². The molecule has 0 aromatic carbocycles. The number of carbonyl (C=O) groups is 1. The van der Waals surface area contributed by atoms with Crippen LogP contribution in [0.3, 0.4) is 0 Å². The monoisotopic (exact) mass is 282 g/mol. The Balaban J connectivity index is 1.97. The number of amides is 1. The summed E-state index contributed by atoms with van der Waals surface area (Å²) in [6, 6.07) is 2.25. The molecule has 2 atom stereocenters. The van der Waals surface area contributed by atoms with Gasteiger partial charge in [-0.25, -0.2) is 0 Å². The van der Waals surface area contributed by atoms with E-state index in [2.05, 4.69) is 30.6 Å². The van der Waals surface area contributed by atoms with Crippen LogP contribution in [0.25, 0.3) is 0 Å². The van der Waals surface area contributed by atoms with Gasteiger partial charge in [0.15, 0.2) is 0 Å². The number of nitrogens with zero attached hydrogens (tertiary/aromatic N) is 1. The summed E-state index contributed by atoms with van der Waals surface area (Å²) in [5.74, 6) is 0.126. The summed E-state index contributed by atoms with van der Waals surface area (Å²) in [5, 5.41) is 5.40. The fourth-order valence-electron chi connectivity index (χ4n) is 2.40. The van der Waals surface area contributed by atoms with Crippen LogP contribution in [0.1, 0.15) is 17.4 Å². The number of thiophene rings is 1. The molecule has 2 rings (SSSR count). The molecule has 1 aliphatic heterocycles. The van der Waals surface area contributed by atoms with E-state index < -0.39 is 0 Å². The summed E-state index contributed by atoms with van der Waals surface area (Å²) in [4.78, 5) is 15.6. The van der Waals surface area contributed by atoms with Crippen molar-refractivity contribution < 1.29 is 9.53 Å². The van der Waals surface area contributed by atoms with Crippen LogP contribution >= 0.6 is 11.3 Å². The SMILES string of the molecule is CCNC1COCC1C(=O)N(C)Cc1sccc1C. The van der Waals surface area contributed by atoms with Crippen LogP contribution in [0.5, 0.6) is 0 Å². The first-order chi connectivity index (χ1) is 9.13. The van der Waals surface area contributed by atoms with Gasteiger partial charge in [-0.15, -0.1) is 11.3 Å². The highest BCUT2D eigenvalue weighted by atomic mass is 32.1. The number of hydrogen-bond donors (Lipinski definition) is 1. The molecule has 5 heteroatoms. The van der Waals surface area contributed by atoms with Crippen molar-refractivity contribution in [3.63, 3.8) is 0 Å². The number of carbonyl (C=O) groups excluding carboxylic acids is 1. The lowest BCUT2D eigenvalue weighted by molar-refractivity contribution is -0.135. The zero-order valence-corrected chi connectivity index (χ0v) is 12.6. The van der Waals surface area contributed by atoms with E-state index in [0.717, 1.165) is 6.54 Å². The lowest BCUT2D eigenvalue weighted by atomic mass is 10.0. The van der Waals surface area contributed by atoms with E-state index in [0.29, 0.717) is 19.8 Å². The average Bonchev–Trinajstić information content (AvgIpc) is 2.99. The molecule has 4 nitrogen and oxygen atoms in total. The number of hydrogen-bond acceptors (Lipinski definition) is 4. The minimum atomic E-state index is -0.0507. The average molecular weight is 282 g/mol. The smallest absolute Gasteiger partial charge is 0.229 e. The van der Waals surface area contributed by atoms with Gasteiger partial charge >= 0.3 is 0 Å². The Morgan fingerprint density at radius 3 is 3.00 bits per heavy atom. The Bertz CT molecular complexity index is 433. The van der Waals surface area contributed by atoms with E-state index in [1.54, 1.807) is 11.3 Å². The van der Waals surface area contributed by atoms with Crippen molar-refractivity contribution in [1.82, 2.24) is 10.2 Å². The van der Waals surface area contributed by atoms with Gasteiger partial charge in [-0.3, -0.25) is 4.79 Å². The van der Waals surface area contributed by atoms with E-state index in [-0.39, 0.29) is 17.9 Å². The minimum absolute atomic E-state index is 0.0507. The largest absolute Gasteiger partial charge is 0.379 e. The molecule has 0 saturated carbocycles. The van der Waals surface area contributed by atoms with Gasteiger partial charge in [-0.05, 0) is 30.5 Å². The summed E-state index contributed by atoms with van der Waals surface area (Å²) in [5.41, 5.74) is 1.26. The van der Waals surface area contributed by atoms with E-state index in [1.165, 1.54) is 10.4 Å². The molecule has 0 spiro atoms. The zero-order valence-electron chi connectivity index (χ0n) is 11.8. The molecule has 0 aliphatic carbocycles. The van der Waals surface area contributed by atoms with E-state index in [9.17, 15) is 4.79 Å². The Labute approximate surface area is 118 Å². The lowest BCUT2D eigenvalue weighted by Crippen LogP contribution is -2.44. The highest BCUT2D eigenvalue weighted by Crippen LogP contribution is 2.21. The topological polar surface area (TPSA) is 41.6 Å². The summed E-state index contributed by atoms with van der Waals surface area (Å²) < 4.78 is 5.45. The fraction of sp³-hybridized carbons (Fsp3) is 0.643. The summed E-state index contributed by atoms with van der Waals surface area (Å²) in [6.45, 7) is 6.87. The van der Waals surface area contributed by atoms with Crippen LogP contribution in [-0.4, -0.2) is 43.7 Å². The third kappa shape index (κ3) is 3.35. The van der Waals surface area contributed by atoms with E-state index >= 15 is 0 Å². The van der Waals surface area contributed by atoms with Crippen LogP contribution in [0.2, 0.25) is 0 Å². The van der Waals surface area contributed by atoms with Gasteiger partial charge in [0.05, 0.1) is 25.7 Å². The molecule has 1 aliphatic rings. The van der Waals surface area contributed by atoms with Gasteiger partial charge in [0.1, 0.15) is 0 Å².